The molecule has 0 aliphatic rings. The first-order chi connectivity index (χ1) is 12.6. The smallest absolute Gasteiger partial charge is 0.305 e. The average Bonchev–Trinajstić information content (AvgIpc) is 2.68. The molecule has 8 nitrogen and oxygen atoms in total. The summed E-state index contributed by atoms with van der Waals surface area (Å²) < 4.78 is 20.7. The van der Waals surface area contributed by atoms with Crippen molar-refractivity contribution in [2.45, 2.75) is 25.8 Å². The maximum Gasteiger partial charge on any atom is 0.305 e. The zero-order valence-corrected chi connectivity index (χ0v) is 18.9. The lowest BCUT2D eigenvalue weighted by Gasteiger charge is -2.16. The first kappa shape index (κ1) is 25.1. The summed E-state index contributed by atoms with van der Waals surface area (Å²) in [6.07, 6.45) is 2.04. The van der Waals surface area contributed by atoms with Crippen LogP contribution in [0.5, 0.6) is 17.2 Å². The van der Waals surface area contributed by atoms with Crippen molar-refractivity contribution in [3.05, 3.63) is 17.7 Å². The van der Waals surface area contributed by atoms with Gasteiger partial charge in [-0.2, -0.15) is 0 Å². The first-order valence-electron chi connectivity index (χ1n) is 8.39. The van der Waals surface area contributed by atoms with Gasteiger partial charge in [-0.1, -0.05) is 0 Å². The van der Waals surface area contributed by atoms with Gasteiger partial charge < -0.3 is 29.6 Å². The van der Waals surface area contributed by atoms with Crippen LogP contribution < -0.4 is 24.8 Å². The van der Waals surface area contributed by atoms with E-state index in [0.29, 0.717) is 42.7 Å². The van der Waals surface area contributed by atoms with Crippen molar-refractivity contribution in [1.82, 2.24) is 10.6 Å². The Balaban J connectivity index is 0.00000676. The Hall–Kier alpha value is -1.91. The lowest BCUT2D eigenvalue weighted by Crippen LogP contribution is -2.37. The van der Waals surface area contributed by atoms with Crippen LogP contribution in [0.3, 0.4) is 0 Å². The van der Waals surface area contributed by atoms with E-state index in [-0.39, 0.29) is 29.9 Å². The van der Waals surface area contributed by atoms with Crippen molar-refractivity contribution in [3.63, 3.8) is 0 Å². The molecule has 0 atom stereocenters. The Morgan fingerprint density at radius 1 is 1.00 bits per heavy atom. The van der Waals surface area contributed by atoms with Gasteiger partial charge in [0.05, 0.1) is 28.4 Å². The molecule has 1 rings (SSSR count). The van der Waals surface area contributed by atoms with Crippen LogP contribution >= 0.6 is 24.0 Å². The van der Waals surface area contributed by atoms with Crippen LogP contribution in [-0.2, 0) is 16.1 Å². The van der Waals surface area contributed by atoms with E-state index in [1.807, 2.05) is 12.1 Å². The molecule has 2 N–H and O–H groups in total. The highest BCUT2D eigenvalue weighted by molar-refractivity contribution is 14.0. The molecule has 0 amide bonds. The quantitative estimate of drug-likeness (QED) is 0.169. The molecular weight excluding hydrogens is 465 g/mol. The summed E-state index contributed by atoms with van der Waals surface area (Å²) in [6.45, 7) is 1.25. The number of unbranched alkanes of at least 4 members (excludes halogenated alkanes) is 1. The minimum Gasteiger partial charge on any atom is -0.493 e. The number of nitrogens with one attached hydrogen (secondary N) is 2. The molecule has 0 aliphatic heterocycles. The average molecular weight is 495 g/mol. The van der Waals surface area contributed by atoms with Crippen LogP contribution in [0, 0.1) is 0 Å². The molecule has 0 aliphatic carbocycles. The van der Waals surface area contributed by atoms with Gasteiger partial charge in [0.1, 0.15) is 0 Å². The summed E-state index contributed by atoms with van der Waals surface area (Å²) in [7, 11) is 7.85. The highest BCUT2D eigenvalue weighted by Gasteiger charge is 2.13. The molecule has 0 radical (unpaired) electrons. The molecule has 0 saturated heterocycles. The van der Waals surface area contributed by atoms with E-state index in [9.17, 15) is 4.79 Å². The third kappa shape index (κ3) is 8.55. The van der Waals surface area contributed by atoms with Gasteiger partial charge in [0.2, 0.25) is 5.75 Å². The van der Waals surface area contributed by atoms with Gasteiger partial charge >= 0.3 is 5.97 Å². The molecule has 1 aromatic carbocycles. The lowest BCUT2D eigenvalue weighted by atomic mass is 10.2. The topological polar surface area (TPSA) is 90.4 Å². The Morgan fingerprint density at radius 3 is 2.11 bits per heavy atom. The number of aliphatic imine (C=N–C) groups is 1. The van der Waals surface area contributed by atoms with Gasteiger partial charge in [-0.15, -0.1) is 24.0 Å². The number of guanidine groups is 1. The van der Waals surface area contributed by atoms with E-state index in [2.05, 4.69) is 20.4 Å². The summed E-state index contributed by atoms with van der Waals surface area (Å²) >= 11 is 0. The van der Waals surface area contributed by atoms with Crippen LogP contribution in [0.25, 0.3) is 0 Å². The highest BCUT2D eigenvalue weighted by atomic mass is 127. The minimum absolute atomic E-state index is 0. The third-order valence-electron chi connectivity index (χ3n) is 3.74. The van der Waals surface area contributed by atoms with E-state index < -0.39 is 0 Å². The second kappa shape index (κ2) is 14.2. The number of methoxy groups -OCH3 is 4. The number of ether oxygens (including phenoxy) is 4. The first-order valence-corrected chi connectivity index (χ1v) is 8.39. The molecule has 1 aromatic rings. The van der Waals surface area contributed by atoms with Gasteiger partial charge in [0.15, 0.2) is 17.5 Å². The van der Waals surface area contributed by atoms with E-state index in [1.54, 1.807) is 28.4 Å². The van der Waals surface area contributed by atoms with Gasteiger partial charge in [-0.3, -0.25) is 9.79 Å². The maximum atomic E-state index is 11.1. The number of benzene rings is 1. The van der Waals surface area contributed by atoms with Crippen molar-refractivity contribution < 1.29 is 23.7 Å². The molecule has 0 spiro atoms. The zero-order valence-electron chi connectivity index (χ0n) is 16.6. The molecule has 0 saturated carbocycles. The van der Waals surface area contributed by atoms with Crippen LogP contribution in [-0.4, -0.2) is 54.0 Å². The van der Waals surface area contributed by atoms with Crippen molar-refractivity contribution in [2.75, 3.05) is 42.0 Å². The number of nitrogens with zero attached hydrogens (tertiary/aromatic N) is 1. The molecule has 27 heavy (non-hydrogen) atoms. The monoisotopic (exact) mass is 495 g/mol. The number of halogens is 1. The second-order valence-electron chi connectivity index (χ2n) is 5.42. The second-order valence-corrected chi connectivity index (χ2v) is 5.42. The van der Waals surface area contributed by atoms with Crippen LogP contribution in [0.15, 0.2) is 17.1 Å². The number of carbonyl (C=O) groups excluding carboxylic acids is 1. The largest absolute Gasteiger partial charge is 0.493 e. The zero-order chi connectivity index (χ0) is 19.4. The molecule has 0 bridgehead atoms. The van der Waals surface area contributed by atoms with Crippen LogP contribution in [0.1, 0.15) is 24.8 Å². The lowest BCUT2D eigenvalue weighted by molar-refractivity contribution is -0.140. The normalized spacial score (nSPS) is 10.5. The van der Waals surface area contributed by atoms with Gasteiger partial charge in [0.25, 0.3) is 0 Å². The van der Waals surface area contributed by atoms with Crippen molar-refractivity contribution in [3.8, 4) is 17.2 Å². The molecule has 0 unspecified atom stereocenters. The van der Waals surface area contributed by atoms with Gasteiger partial charge in [0, 0.05) is 26.6 Å². The number of hydrogen-bond acceptors (Lipinski definition) is 6. The Morgan fingerprint density at radius 2 is 1.63 bits per heavy atom. The number of esters is 1. The Kier molecular flexibility index (Phi) is 13.2. The number of rotatable bonds is 10. The summed E-state index contributed by atoms with van der Waals surface area (Å²) in [5, 5.41) is 6.44. The van der Waals surface area contributed by atoms with E-state index >= 15 is 0 Å². The van der Waals surface area contributed by atoms with Crippen molar-refractivity contribution in [1.29, 1.82) is 0 Å². The number of carbonyl (C=O) groups is 1. The SMILES string of the molecule is CN=C(NCCCCC(=O)OC)NCc1cc(OC)c(OC)c(OC)c1.I. The summed E-state index contributed by atoms with van der Waals surface area (Å²) in [5.41, 5.74) is 0.966. The minimum atomic E-state index is -0.185. The molecule has 154 valence electrons. The fourth-order valence-electron chi connectivity index (χ4n) is 2.35. The summed E-state index contributed by atoms with van der Waals surface area (Å²) in [5.74, 6) is 2.27. The standard InChI is InChI=1S/C18H29N3O5.HI/c1-19-18(20-9-7-6-8-16(22)25-4)21-12-13-10-14(23-2)17(26-5)15(11-13)24-3;/h10-11H,6-9,12H2,1-5H3,(H2,19,20,21);1H. The van der Waals surface area contributed by atoms with Crippen LogP contribution in [0.4, 0.5) is 0 Å². The number of hydrogen-bond donors (Lipinski definition) is 2. The fourth-order valence-corrected chi connectivity index (χ4v) is 2.35. The highest BCUT2D eigenvalue weighted by Crippen LogP contribution is 2.38. The summed E-state index contributed by atoms with van der Waals surface area (Å²) in [6, 6.07) is 3.77. The predicted octanol–water partition coefficient (Wildman–Crippen LogP) is 2.34. The summed E-state index contributed by atoms with van der Waals surface area (Å²) in [4.78, 5) is 15.3. The van der Waals surface area contributed by atoms with E-state index in [0.717, 1.165) is 18.4 Å². The molecular formula is C18H30IN3O5. The van der Waals surface area contributed by atoms with Gasteiger partial charge in [-0.25, -0.2) is 0 Å². The van der Waals surface area contributed by atoms with Crippen molar-refractivity contribution in [2.24, 2.45) is 4.99 Å². The molecule has 9 heteroatoms. The van der Waals surface area contributed by atoms with Crippen LogP contribution in [0.2, 0.25) is 0 Å². The maximum absolute atomic E-state index is 11.1. The Bertz CT molecular complexity index is 586. The van der Waals surface area contributed by atoms with Crippen molar-refractivity contribution >= 4 is 35.9 Å². The predicted molar refractivity (Wildman–Crippen MR) is 116 cm³/mol. The molecule has 0 fully saturated rings. The Labute approximate surface area is 178 Å². The third-order valence-corrected chi connectivity index (χ3v) is 3.74. The fraction of sp³-hybridized carbons (Fsp3) is 0.556. The van der Waals surface area contributed by atoms with E-state index in [4.69, 9.17) is 14.2 Å². The van der Waals surface area contributed by atoms with E-state index in [1.165, 1.54) is 7.11 Å². The van der Waals surface area contributed by atoms with Gasteiger partial charge in [-0.05, 0) is 30.5 Å². The molecule has 0 aromatic heterocycles. The molecule has 0 heterocycles.